The van der Waals surface area contributed by atoms with Crippen molar-refractivity contribution in [2.45, 2.75) is 6.92 Å². The maximum atomic E-state index is 13.7. The predicted octanol–water partition coefficient (Wildman–Crippen LogP) is 3.27. The van der Waals surface area contributed by atoms with E-state index in [-0.39, 0.29) is 29.6 Å². The topological polar surface area (TPSA) is 58.6 Å². The number of rotatable bonds is 6. The van der Waals surface area contributed by atoms with Crippen LogP contribution in [-0.2, 0) is 4.79 Å². The highest BCUT2D eigenvalue weighted by Gasteiger charge is 2.16. The van der Waals surface area contributed by atoms with Crippen molar-refractivity contribution in [3.05, 3.63) is 58.9 Å². The fraction of sp³-hybridized carbons (Fsp3) is 0.222. The van der Waals surface area contributed by atoms with Gasteiger partial charge in [-0.3, -0.25) is 9.59 Å². The molecule has 7 heteroatoms. The Balaban J connectivity index is 2.02. The summed E-state index contributed by atoms with van der Waals surface area (Å²) in [6.45, 7) is 1.81. The van der Waals surface area contributed by atoms with E-state index in [0.717, 1.165) is 0 Å². The highest BCUT2D eigenvalue weighted by atomic mass is 35.5. The first kappa shape index (κ1) is 18.7. The van der Waals surface area contributed by atoms with Crippen LogP contribution in [0.1, 0.15) is 17.3 Å². The van der Waals surface area contributed by atoms with E-state index >= 15 is 0 Å². The Labute approximate surface area is 150 Å². The SMILES string of the molecule is COc1ccc(N(CCNC(=O)c2c(F)cccc2Cl)C(C)=O)cc1. The van der Waals surface area contributed by atoms with Crippen LogP contribution in [0.3, 0.4) is 0 Å². The molecule has 0 bridgehead atoms. The molecule has 0 aliphatic rings. The minimum Gasteiger partial charge on any atom is -0.497 e. The molecule has 2 rings (SSSR count). The van der Waals surface area contributed by atoms with Crippen LogP contribution in [0.4, 0.5) is 10.1 Å². The molecule has 0 aliphatic heterocycles. The molecule has 1 N–H and O–H groups in total. The van der Waals surface area contributed by atoms with Gasteiger partial charge >= 0.3 is 0 Å². The van der Waals surface area contributed by atoms with Crippen LogP contribution >= 0.6 is 11.6 Å². The second-order valence-corrected chi connectivity index (χ2v) is 5.63. The van der Waals surface area contributed by atoms with Gasteiger partial charge in [0.25, 0.3) is 5.91 Å². The number of methoxy groups -OCH3 is 1. The van der Waals surface area contributed by atoms with Crippen molar-refractivity contribution in [2.75, 3.05) is 25.1 Å². The molecule has 0 aliphatic carbocycles. The molecule has 132 valence electrons. The van der Waals surface area contributed by atoms with Crippen molar-refractivity contribution < 1.29 is 18.7 Å². The molecule has 2 amide bonds. The molecule has 5 nitrogen and oxygen atoms in total. The average Bonchev–Trinajstić information content (AvgIpc) is 2.58. The summed E-state index contributed by atoms with van der Waals surface area (Å²) in [5.41, 5.74) is 0.467. The smallest absolute Gasteiger partial charge is 0.255 e. The molecule has 0 unspecified atom stereocenters. The van der Waals surface area contributed by atoms with Crippen LogP contribution < -0.4 is 15.0 Å². The molecule has 0 heterocycles. The molecular formula is C18H18ClFN2O3. The lowest BCUT2D eigenvalue weighted by atomic mass is 10.2. The molecule has 25 heavy (non-hydrogen) atoms. The second-order valence-electron chi connectivity index (χ2n) is 5.22. The first-order valence-electron chi connectivity index (χ1n) is 7.58. The molecule has 0 saturated carbocycles. The van der Waals surface area contributed by atoms with Crippen molar-refractivity contribution in [1.82, 2.24) is 5.32 Å². The maximum absolute atomic E-state index is 13.7. The van der Waals surface area contributed by atoms with E-state index in [1.807, 2.05) is 0 Å². The number of carbonyl (C=O) groups excluding carboxylic acids is 2. The van der Waals surface area contributed by atoms with Crippen LogP contribution in [0.5, 0.6) is 5.75 Å². The summed E-state index contributed by atoms with van der Waals surface area (Å²) < 4.78 is 18.8. The number of hydrogen-bond donors (Lipinski definition) is 1. The van der Waals surface area contributed by atoms with Crippen LogP contribution in [0, 0.1) is 5.82 Å². The summed E-state index contributed by atoms with van der Waals surface area (Å²) in [5, 5.41) is 2.61. The molecular weight excluding hydrogens is 347 g/mol. The number of carbonyl (C=O) groups is 2. The summed E-state index contributed by atoms with van der Waals surface area (Å²) >= 11 is 5.86. The number of nitrogens with zero attached hydrogens (tertiary/aromatic N) is 1. The predicted molar refractivity (Wildman–Crippen MR) is 94.8 cm³/mol. The third-order valence-electron chi connectivity index (χ3n) is 3.57. The molecule has 2 aromatic carbocycles. The summed E-state index contributed by atoms with van der Waals surface area (Å²) in [4.78, 5) is 25.5. The van der Waals surface area contributed by atoms with Gasteiger partial charge in [-0.1, -0.05) is 17.7 Å². The van der Waals surface area contributed by atoms with Gasteiger partial charge in [-0.25, -0.2) is 4.39 Å². The average molecular weight is 365 g/mol. The van der Waals surface area contributed by atoms with Crippen LogP contribution in [-0.4, -0.2) is 32.0 Å². The Morgan fingerprint density at radius 3 is 2.44 bits per heavy atom. The van der Waals surface area contributed by atoms with Gasteiger partial charge in [0.1, 0.15) is 11.6 Å². The van der Waals surface area contributed by atoms with Crippen molar-refractivity contribution in [3.63, 3.8) is 0 Å². The Hall–Kier alpha value is -2.60. The summed E-state index contributed by atoms with van der Waals surface area (Å²) in [7, 11) is 1.56. The monoisotopic (exact) mass is 364 g/mol. The minimum atomic E-state index is -0.691. The Morgan fingerprint density at radius 2 is 1.88 bits per heavy atom. The summed E-state index contributed by atoms with van der Waals surface area (Å²) in [6.07, 6.45) is 0. The van der Waals surface area contributed by atoms with Gasteiger partial charge < -0.3 is 15.0 Å². The van der Waals surface area contributed by atoms with Gasteiger partial charge in [-0.05, 0) is 36.4 Å². The molecule has 0 fully saturated rings. The molecule has 0 saturated heterocycles. The number of hydrogen-bond acceptors (Lipinski definition) is 3. The van der Waals surface area contributed by atoms with Crippen molar-refractivity contribution in [2.24, 2.45) is 0 Å². The highest BCUT2D eigenvalue weighted by Crippen LogP contribution is 2.20. The van der Waals surface area contributed by atoms with Crippen LogP contribution in [0.2, 0.25) is 5.02 Å². The van der Waals surface area contributed by atoms with E-state index in [1.54, 1.807) is 31.4 Å². The van der Waals surface area contributed by atoms with Crippen molar-refractivity contribution in [1.29, 1.82) is 0 Å². The van der Waals surface area contributed by atoms with Crippen LogP contribution in [0.25, 0.3) is 0 Å². The number of halogens is 2. The van der Waals surface area contributed by atoms with Crippen molar-refractivity contribution >= 4 is 29.1 Å². The lowest BCUT2D eigenvalue weighted by molar-refractivity contribution is -0.116. The summed E-state index contributed by atoms with van der Waals surface area (Å²) in [5.74, 6) is -0.817. The number of benzene rings is 2. The van der Waals surface area contributed by atoms with E-state index in [9.17, 15) is 14.0 Å². The minimum absolute atomic E-state index is 0.0380. The molecule has 2 aromatic rings. The van der Waals surface area contributed by atoms with Gasteiger partial charge in [0.15, 0.2) is 0 Å². The molecule has 0 radical (unpaired) electrons. The zero-order chi connectivity index (χ0) is 18.4. The molecule has 0 atom stereocenters. The standard InChI is InChI=1S/C18H18ClFN2O3/c1-12(23)22(13-6-8-14(25-2)9-7-13)11-10-21-18(24)17-15(19)4-3-5-16(17)20/h3-9H,10-11H2,1-2H3,(H,21,24). The van der Waals surface area contributed by atoms with Gasteiger partial charge in [0.2, 0.25) is 5.91 Å². The molecule has 0 aromatic heterocycles. The van der Waals surface area contributed by atoms with Crippen molar-refractivity contribution in [3.8, 4) is 5.75 Å². The Bertz CT molecular complexity index is 745. The van der Waals surface area contributed by atoms with E-state index < -0.39 is 11.7 Å². The second kappa shape index (κ2) is 8.48. The number of ether oxygens (including phenoxy) is 1. The van der Waals surface area contributed by atoms with E-state index in [2.05, 4.69) is 5.32 Å². The number of amides is 2. The zero-order valence-corrected chi connectivity index (χ0v) is 14.6. The fourth-order valence-electron chi connectivity index (χ4n) is 2.31. The van der Waals surface area contributed by atoms with E-state index in [4.69, 9.17) is 16.3 Å². The normalized spacial score (nSPS) is 10.2. The largest absolute Gasteiger partial charge is 0.497 e. The van der Waals surface area contributed by atoms with Crippen LogP contribution in [0.15, 0.2) is 42.5 Å². The number of nitrogens with one attached hydrogen (secondary N) is 1. The quantitative estimate of drug-likeness (QED) is 0.855. The lowest BCUT2D eigenvalue weighted by Gasteiger charge is -2.21. The first-order valence-corrected chi connectivity index (χ1v) is 7.96. The van der Waals surface area contributed by atoms with E-state index in [1.165, 1.54) is 30.0 Å². The lowest BCUT2D eigenvalue weighted by Crippen LogP contribution is -2.37. The van der Waals surface area contributed by atoms with Gasteiger partial charge in [0, 0.05) is 25.7 Å². The first-order chi connectivity index (χ1) is 11.9. The van der Waals surface area contributed by atoms with Gasteiger partial charge in [0.05, 0.1) is 17.7 Å². The van der Waals surface area contributed by atoms with E-state index in [0.29, 0.717) is 11.4 Å². The Kier molecular flexibility index (Phi) is 6.36. The Morgan fingerprint density at radius 1 is 1.20 bits per heavy atom. The van der Waals surface area contributed by atoms with Gasteiger partial charge in [-0.15, -0.1) is 0 Å². The number of anilines is 1. The van der Waals surface area contributed by atoms with Gasteiger partial charge in [-0.2, -0.15) is 0 Å². The maximum Gasteiger partial charge on any atom is 0.255 e. The molecule has 0 spiro atoms. The fourth-order valence-corrected chi connectivity index (χ4v) is 2.56. The zero-order valence-electron chi connectivity index (χ0n) is 13.9. The third kappa shape index (κ3) is 4.70. The summed E-state index contributed by atoms with van der Waals surface area (Å²) in [6, 6.07) is 11.0. The third-order valence-corrected chi connectivity index (χ3v) is 3.89. The highest BCUT2D eigenvalue weighted by molar-refractivity contribution is 6.33.